The van der Waals surface area contributed by atoms with Crippen LogP contribution >= 0.6 is 11.6 Å². The summed E-state index contributed by atoms with van der Waals surface area (Å²) >= 11 is 6.06. The number of nitrogens with one attached hydrogen (secondary N) is 1. The Bertz CT molecular complexity index is 568. The van der Waals surface area contributed by atoms with Crippen LogP contribution < -0.4 is 10.1 Å². The first-order chi connectivity index (χ1) is 9.61. The Morgan fingerprint density at radius 2 is 2.25 bits per heavy atom. The van der Waals surface area contributed by atoms with E-state index in [0.29, 0.717) is 6.61 Å². The van der Waals surface area contributed by atoms with Gasteiger partial charge in [-0.05, 0) is 39.1 Å². The highest BCUT2D eigenvalue weighted by atomic mass is 35.5. The molecular weight excluding hydrogens is 274 g/mol. The van der Waals surface area contributed by atoms with Gasteiger partial charge in [-0.1, -0.05) is 11.6 Å². The van der Waals surface area contributed by atoms with Gasteiger partial charge in [-0.25, -0.2) is 4.98 Å². The molecule has 1 aromatic heterocycles. The molecule has 0 saturated carbocycles. The summed E-state index contributed by atoms with van der Waals surface area (Å²) in [5.74, 6) is 1.86. The monoisotopic (exact) mass is 293 g/mol. The van der Waals surface area contributed by atoms with Gasteiger partial charge in [0.2, 0.25) is 0 Å². The summed E-state index contributed by atoms with van der Waals surface area (Å²) < 4.78 is 7.96. The number of imidazole rings is 1. The van der Waals surface area contributed by atoms with Gasteiger partial charge in [0.15, 0.2) is 0 Å². The number of hydrogen-bond donors (Lipinski definition) is 1. The topological polar surface area (TPSA) is 39.1 Å². The van der Waals surface area contributed by atoms with Crippen LogP contribution in [0.15, 0.2) is 30.6 Å². The van der Waals surface area contributed by atoms with Crippen molar-refractivity contribution in [2.45, 2.75) is 26.4 Å². The van der Waals surface area contributed by atoms with Crippen LogP contribution in [0, 0.1) is 6.92 Å². The van der Waals surface area contributed by atoms with Crippen LogP contribution in [0.25, 0.3) is 0 Å². The number of halogens is 1. The summed E-state index contributed by atoms with van der Waals surface area (Å²) in [5, 5.41) is 3.93. The molecule has 1 unspecified atom stereocenters. The fraction of sp³-hybridized carbons (Fsp3) is 0.400. The standard InChI is InChI=1S/C15H20ClN3O/c1-11(17-3)14-10-13(16)4-5-15(14)20-9-8-19-7-6-18-12(19)2/h4-7,10-11,17H,8-9H2,1-3H3. The molecule has 0 bridgehead atoms. The lowest BCUT2D eigenvalue weighted by atomic mass is 10.1. The first-order valence-electron chi connectivity index (χ1n) is 6.69. The maximum absolute atomic E-state index is 6.06. The van der Waals surface area contributed by atoms with Crippen molar-refractivity contribution in [1.82, 2.24) is 14.9 Å². The highest BCUT2D eigenvalue weighted by Gasteiger charge is 2.11. The number of benzene rings is 1. The zero-order chi connectivity index (χ0) is 14.5. The summed E-state index contributed by atoms with van der Waals surface area (Å²) in [5.41, 5.74) is 1.07. The van der Waals surface area contributed by atoms with Gasteiger partial charge in [-0.15, -0.1) is 0 Å². The minimum atomic E-state index is 0.193. The highest BCUT2D eigenvalue weighted by molar-refractivity contribution is 6.30. The second-order valence-corrected chi connectivity index (χ2v) is 5.15. The number of nitrogens with zero attached hydrogens (tertiary/aromatic N) is 2. The van der Waals surface area contributed by atoms with E-state index in [9.17, 15) is 0 Å². The van der Waals surface area contributed by atoms with Gasteiger partial charge in [0.25, 0.3) is 0 Å². The predicted octanol–water partition coefficient (Wildman–Crippen LogP) is 3.20. The van der Waals surface area contributed by atoms with Gasteiger partial charge in [0.05, 0.1) is 6.54 Å². The van der Waals surface area contributed by atoms with Crippen molar-refractivity contribution in [2.75, 3.05) is 13.7 Å². The molecule has 4 nitrogen and oxygen atoms in total. The molecule has 0 spiro atoms. The largest absolute Gasteiger partial charge is 0.491 e. The number of aryl methyl sites for hydroxylation is 1. The van der Waals surface area contributed by atoms with Gasteiger partial charge in [-0.2, -0.15) is 0 Å². The molecule has 1 atom stereocenters. The SMILES string of the molecule is CNC(C)c1cc(Cl)ccc1OCCn1ccnc1C. The number of rotatable bonds is 6. The van der Waals surface area contributed by atoms with E-state index in [0.717, 1.165) is 28.7 Å². The lowest BCUT2D eigenvalue weighted by Crippen LogP contribution is -2.15. The van der Waals surface area contributed by atoms with Gasteiger partial charge >= 0.3 is 0 Å². The number of ether oxygens (including phenoxy) is 1. The van der Waals surface area contributed by atoms with E-state index < -0.39 is 0 Å². The fourth-order valence-corrected chi connectivity index (χ4v) is 2.22. The quantitative estimate of drug-likeness (QED) is 0.889. The molecule has 0 aliphatic carbocycles. The van der Waals surface area contributed by atoms with E-state index in [2.05, 4.69) is 21.8 Å². The molecule has 2 rings (SSSR count). The minimum absolute atomic E-state index is 0.193. The molecule has 0 fully saturated rings. The van der Waals surface area contributed by atoms with E-state index in [1.165, 1.54) is 0 Å². The Hall–Kier alpha value is -1.52. The third kappa shape index (κ3) is 3.52. The first-order valence-corrected chi connectivity index (χ1v) is 7.07. The summed E-state index contributed by atoms with van der Waals surface area (Å²) in [6.07, 6.45) is 3.75. The smallest absolute Gasteiger partial charge is 0.124 e. The van der Waals surface area contributed by atoms with Crippen molar-refractivity contribution in [3.63, 3.8) is 0 Å². The maximum Gasteiger partial charge on any atom is 0.124 e. The van der Waals surface area contributed by atoms with Crippen LogP contribution in [0.3, 0.4) is 0 Å². The molecule has 1 N–H and O–H groups in total. The molecule has 2 aromatic rings. The van der Waals surface area contributed by atoms with Gasteiger partial charge in [0, 0.05) is 29.0 Å². The third-order valence-electron chi connectivity index (χ3n) is 3.38. The van der Waals surface area contributed by atoms with E-state index in [-0.39, 0.29) is 6.04 Å². The number of hydrogen-bond acceptors (Lipinski definition) is 3. The Kier molecular flexibility index (Phi) is 5.04. The van der Waals surface area contributed by atoms with Crippen molar-refractivity contribution in [3.05, 3.63) is 47.0 Å². The maximum atomic E-state index is 6.06. The van der Waals surface area contributed by atoms with Crippen molar-refractivity contribution < 1.29 is 4.74 Å². The normalized spacial score (nSPS) is 12.4. The number of aromatic nitrogens is 2. The van der Waals surface area contributed by atoms with Crippen molar-refractivity contribution in [3.8, 4) is 5.75 Å². The van der Waals surface area contributed by atoms with Gasteiger partial charge < -0.3 is 14.6 Å². The minimum Gasteiger partial charge on any atom is -0.491 e. The molecule has 0 amide bonds. The average molecular weight is 294 g/mol. The van der Waals surface area contributed by atoms with Crippen LogP contribution in [0.2, 0.25) is 5.02 Å². The van der Waals surface area contributed by atoms with Gasteiger partial charge in [-0.3, -0.25) is 0 Å². The molecule has 108 valence electrons. The van der Waals surface area contributed by atoms with Crippen LogP contribution in [0.5, 0.6) is 5.75 Å². The molecule has 1 heterocycles. The van der Waals surface area contributed by atoms with Crippen LogP contribution in [0.1, 0.15) is 24.4 Å². The van der Waals surface area contributed by atoms with Crippen molar-refractivity contribution in [1.29, 1.82) is 0 Å². The average Bonchev–Trinajstić information content (AvgIpc) is 2.85. The zero-order valence-corrected chi connectivity index (χ0v) is 12.8. The van der Waals surface area contributed by atoms with E-state index in [1.54, 1.807) is 6.20 Å². The van der Waals surface area contributed by atoms with Gasteiger partial charge in [0.1, 0.15) is 18.2 Å². The van der Waals surface area contributed by atoms with Crippen LogP contribution in [-0.2, 0) is 6.54 Å². The summed E-state index contributed by atoms with van der Waals surface area (Å²) in [6.45, 7) is 5.44. The predicted molar refractivity (Wildman–Crippen MR) is 81.4 cm³/mol. The van der Waals surface area contributed by atoms with Crippen LogP contribution in [-0.4, -0.2) is 23.2 Å². The molecule has 0 aliphatic rings. The summed E-state index contributed by atoms with van der Waals surface area (Å²) in [6, 6.07) is 5.91. The van der Waals surface area contributed by atoms with Crippen LogP contribution in [0.4, 0.5) is 0 Å². The Morgan fingerprint density at radius 3 is 2.90 bits per heavy atom. The third-order valence-corrected chi connectivity index (χ3v) is 3.62. The molecule has 1 aromatic carbocycles. The molecule has 0 aliphatic heterocycles. The van der Waals surface area contributed by atoms with Crippen molar-refractivity contribution >= 4 is 11.6 Å². The first kappa shape index (κ1) is 14.9. The molecule has 5 heteroatoms. The lowest BCUT2D eigenvalue weighted by molar-refractivity contribution is 0.292. The van der Waals surface area contributed by atoms with E-state index >= 15 is 0 Å². The summed E-state index contributed by atoms with van der Waals surface area (Å²) in [4.78, 5) is 4.19. The highest BCUT2D eigenvalue weighted by Crippen LogP contribution is 2.28. The Morgan fingerprint density at radius 1 is 1.45 bits per heavy atom. The van der Waals surface area contributed by atoms with E-state index in [4.69, 9.17) is 16.3 Å². The Labute approximate surface area is 124 Å². The van der Waals surface area contributed by atoms with Crippen molar-refractivity contribution in [2.24, 2.45) is 0 Å². The van der Waals surface area contributed by atoms with E-state index in [1.807, 2.05) is 38.4 Å². The fourth-order valence-electron chi connectivity index (χ4n) is 2.04. The molecule has 0 saturated heterocycles. The second kappa shape index (κ2) is 6.77. The molecular formula is C15H20ClN3O. The lowest BCUT2D eigenvalue weighted by Gasteiger charge is -2.17. The Balaban J connectivity index is 2.04. The molecule has 20 heavy (non-hydrogen) atoms. The summed E-state index contributed by atoms with van der Waals surface area (Å²) in [7, 11) is 1.92. The molecule has 0 radical (unpaired) electrons. The zero-order valence-electron chi connectivity index (χ0n) is 12.1. The second-order valence-electron chi connectivity index (χ2n) is 4.71.